The van der Waals surface area contributed by atoms with E-state index in [0.717, 1.165) is 39.7 Å². The second kappa shape index (κ2) is 10.7. The Morgan fingerprint density at radius 1 is 0.912 bits per heavy atom. The van der Waals surface area contributed by atoms with Gasteiger partial charge in [-0.15, -0.1) is 0 Å². The van der Waals surface area contributed by atoms with Gasteiger partial charge in [-0.2, -0.15) is 0 Å². The molecule has 1 amide bonds. The molecule has 0 spiro atoms. The van der Waals surface area contributed by atoms with Crippen LogP contribution >= 0.6 is 0 Å². The first-order valence-electron chi connectivity index (χ1n) is 11.2. The van der Waals surface area contributed by atoms with E-state index in [2.05, 4.69) is 9.88 Å². The van der Waals surface area contributed by atoms with Crippen LogP contribution in [0.1, 0.15) is 24.4 Å². The van der Waals surface area contributed by atoms with Crippen LogP contribution in [0.5, 0.6) is 17.2 Å². The zero-order valence-electron chi connectivity index (χ0n) is 19.7. The number of nitrogens with one attached hydrogen (secondary N) is 1. The summed E-state index contributed by atoms with van der Waals surface area (Å²) in [4.78, 5) is 17.5. The first kappa shape index (κ1) is 23.2. The molecule has 0 aliphatic heterocycles. The predicted molar refractivity (Wildman–Crippen MR) is 131 cm³/mol. The Balaban J connectivity index is 1.45. The molecule has 1 N–H and O–H groups in total. The standard InChI is InChI=1S/C27H29N3O4/c1-19(28-26(31)18-20-8-10-21(32-2)11-9-20)27-29-24-6-4-5-7-25(24)30(27)16-17-34-23-14-12-22(33-3)13-15-23/h4-15,19H,16-18H2,1-3H3,(H,28,31). The van der Waals surface area contributed by atoms with Crippen LogP contribution in [0.4, 0.5) is 0 Å². The number of hydrogen-bond acceptors (Lipinski definition) is 5. The number of carbonyl (C=O) groups excluding carboxylic acids is 1. The Morgan fingerprint density at radius 3 is 2.21 bits per heavy atom. The number of nitrogens with zero attached hydrogens (tertiary/aromatic N) is 2. The number of ether oxygens (including phenoxy) is 3. The zero-order valence-corrected chi connectivity index (χ0v) is 19.7. The molecule has 0 saturated heterocycles. The van der Waals surface area contributed by atoms with Crippen molar-refractivity contribution in [2.45, 2.75) is 25.9 Å². The van der Waals surface area contributed by atoms with Crippen molar-refractivity contribution in [1.29, 1.82) is 0 Å². The summed E-state index contributed by atoms with van der Waals surface area (Å²) in [5, 5.41) is 3.09. The molecule has 3 aromatic carbocycles. The number of para-hydroxylation sites is 2. The van der Waals surface area contributed by atoms with Gasteiger partial charge in [-0.25, -0.2) is 4.98 Å². The minimum atomic E-state index is -0.265. The summed E-state index contributed by atoms with van der Waals surface area (Å²) in [6.45, 7) is 3.01. The van der Waals surface area contributed by atoms with E-state index in [1.807, 2.05) is 79.7 Å². The van der Waals surface area contributed by atoms with Crippen molar-refractivity contribution in [3.05, 3.63) is 84.2 Å². The molecule has 1 atom stereocenters. The van der Waals surface area contributed by atoms with Crippen LogP contribution < -0.4 is 19.5 Å². The summed E-state index contributed by atoms with van der Waals surface area (Å²) in [6.07, 6.45) is 0.287. The van der Waals surface area contributed by atoms with Gasteiger partial charge in [-0.1, -0.05) is 24.3 Å². The quantitative estimate of drug-likeness (QED) is 0.377. The zero-order chi connectivity index (χ0) is 23.9. The van der Waals surface area contributed by atoms with Crippen molar-refractivity contribution in [2.24, 2.45) is 0 Å². The normalized spacial score (nSPS) is 11.7. The van der Waals surface area contributed by atoms with Gasteiger partial charge in [0.25, 0.3) is 0 Å². The van der Waals surface area contributed by atoms with Crippen molar-refractivity contribution < 1.29 is 19.0 Å². The number of benzene rings is 3. The maximum atomic E-state index is 12.7. The summed E-state index contributed by atoms with van der Waals surface area (Å²) < 4.78 is 18.4. The third kappa shape index (κ3) is 5.49. The van der Waals surface area contributed by atoms with E-state index in [1.165, 1.54) is 0 Å². The van der Waals surface area contributed by atoms with Crippen molar-refractivity contribution in [2.75, 3.05) is 20.8 Å². The fraction of sp³-hybridized carbons (Fsp3) is 0.259. The van der Waals surface area contributed by atoms with Gasteiger partial charge in [-0.05, 0) is 61.0 Å². The number of imidazole rings is 1. The number of methoxy groups -OCH3 is 2. The average molecular weight is 460 g/mol. The van der Waals surface area contributed by atoms with Crippen LogP contribution in [0.3, 0.4) is 0 Å². The molecule has 176 valence electrons. The topological polar surface area (TPSA) is 74.6 Å². The van der Waals surface area contributed by atoms with Crippen LogP contribution in [0.2, 0.25) is 0 Å². The van der Waals surface area contributed by atoms with Crippen molar-refractivity contribution >= 4 is 16.9 Å². The largest absolute Gasteiger partial charge is 0.497 e. The second-order valence-electron chi connectivity index (χ2n) is 7.95. The van der Waals surface area contributed by atoms with Gasteiger partial charge in [0, 0.05) is 0 Å². The highest BCUT2D eigenvalue weighted by atomic mass is 16.5. The van der Waals surface area contributed by atoms with Crippen LogP contribution in [0.25, 0.3) is 11.0 Å². The Labute approximate surface area is 199 Å². The predicted octanol–water partition coefficient (Wildman–Crippen LogP) is 4.55. The lowest BCUT2D eigenvalue weighted by atomic mass is 10.1. The molecule has 4 rings (SSSR count). The lowest BCUT2D eigenvalue weighted by Gasteiger charge is -2.17. The van der Waals surface area contributed by atoms with E-state index < -0.39 is 0 Å². The molecule has 1 aromatic heterocycles. The van der Waals surface area contributed by atoms with Crippen molar-refractivity contribution in [1.82, 2.24) is 14.9 Å². The minimum absolute atomic E-state index is 0.0641. The molecule has 0 aliphatic carbocycles. The van der Waals surface area contributed by atoms with E-state index in [4.69, 9.17) is 19.2 Å². The van der Waals surface area contributed by atoms with Gasteiger partial charge in [-0.3, -0.25) is 4.79 Å². The van der Waals surface area contributed by atoms with Crippen LogP contribution in [0.15, 0.2) is 72.8 Å². The summed E-state index contributed by atoms with van der Waals surface area (Å²) in [6, 6.07) is 22.7. The summed E-state index contributed by atoms with van der Waals surface area (Å²) in [7, 11) is 3.26. The minimum Gasteiger partial charge on any atom is -0.497 e. The number of hydrogen-bond donors (Lipinski definition) is 1. The Morgan fingerprint density at radius 2 is 1.53 bits per heavy atom. The van der Waals surface area contributed by atoms with Crippen LogP contribution in [0, 0.1) is 0 Å². The van der Waals surface area contributed by atoms with Crippen LogP contribution in [-0.4, -0.2) is 36.3 Å². The Hall–Kier alpha value is -4.00. The molecule has 0 fully saturated rings. The summed E-state index contributed by atoms with van der Waals surface area (Å²) in [5.41, 5.74) is 2.82. The first-order chi connectivity index (χ1) is 16.6. The molecule has 1 unspecified atom stereocenters. The SMILES string of the molecule is COc1ccc(CC(=O)NC(C)c2nc3ccccc3n2CCOc2ccc(OC)cc2)cc1. The molecule has 4 aromatic rings. The summed E-state index contributed by atoms with van der Waals surface area (Å²) >= 11 is 0. The molecule has 7 nitrogen and oxygen atoms in total. The monoisotopic (exact) mass is 459 g/mol. The van der Waals surface area contributed by atoms with E-state index >= 15 is 0 Å². The van der Waals surface area contributed by atoms with Crippen molar-refractivity contribution in [3.8, 4) is 17.2 Å². The third-order valence-corrected chi connectivity index (χ3v) is 5.62. The van der Waals surface area contributed by atoms with E-state index in [-0.39, 0.29) is 18.4 Å². The van der Waals surface area contributed by atoms with Crippen molar-refractivity contribution in [3.63, 3.8) is 0 Å². The second-order valence-corrected chi connectivity index (χ2v) is 7.95. The van der Waals surface area contributed by atoms with E-state index in [1.54, 1.807) is 14.2 Å². The molecule has 0 saturated carbocycles. The van der Waals surface area contributed by atoms with Gasteiger partial charge >= 0.3 is 0 Å². The maximum Gasteiger partial charge on any atom is 0.224 e. The summed E-state index contributed by atoms with van der Waals surface area (Å²) in [5.74, 6) is 3.05. The van der Waals surface area contributed by atoms with E-state index in [0.29, 0.717) is 13.2 Å². The number of aromatic nitrogens is 2. The number of amides is 1. The molecule has 1 heterocycles. The first-order valence-corrected chi connectivity index (χ1v) is 11.2. The highest BCUT2D eigenvalue weighted by molar-refractivity contribution is 5.79. The lowest BCUT2D eigenvalue weighted by molar-refractivity contribution is -0.121. The van der Waals surface area contributed by atoms with Gasteiger partial charge in [0.1, 0.15) is 29.7 Å². The molecule has 34 heavy (non-hydrogen) atoms. The molecular weight excluding hydrogens is 430 g/mol. The molecule has 0 bridgehead atoms. The third-order valence-electron chi connectivity index (χ3n) is 5.62. The van der Waals surface area contributed by atoms with Gasteiger partial charge in [0.05, 0.1) is 44.3 Å². The Bertz CT molecular complexity index is 1230. The fourth-order valence-corrected chi connectivity index (χ4v) is 3.87. The Kier molecular flexibility index (Phi) is 7.32. The lowest BCUT2D eigenvalue weighted by Crippen LogP contribution is -2.30. The molecule has 0 radical (unpaired) electrons. The fourth-order valence-electron chi connectivity index (χ4n) is 3.87. The number of fused-ring (bicyclic) bond motifs is 1. The molecule has 0 aliphatic rings. The average Bonchev–Trinajstić information content (AvgIpc) is 3.24. The maximum absolute atomic E-state index is 12.7. The van der Waals surface area contributed by atoms with E-state index in [9.17, 15) is 4.79 Å². The van der Waals surface area contributed by atoms with Crippen LogP contribution in [-0.2, 0) is 17.8 Å². The van der Waals surface area contributed by atoms with Gasteiger partial charge in [0.2, 0.25) is 5.91 Å². The molecule has 7 heteroatoms. The van der Waals surface area contributed by atoms with Gasteiger partial charge in [0.15, 0.2) is 0 Å². The highest BCUT2D eigenvalue weighted by Crippen LogP contribution is 2.22. The van der Waals surface area contributed by atoms with Gasteiger partial charge < -0.3 is 24.1 Å². The number of carbonyl (C=O) groups is 1. The highest BCUT2D eigenvalue weighted by Gasteiger charge is 2.18. The smallest absolute Gasteiger partial charge is 0.224 e. The number of rotatable bonds is 10. The molecular formula is C27H29N3O4.